The molecule has 1 heterocycles. The van der Waals surface area contributed by atoms with Gasteiger partial charge in [0.1, 0.15) is 0 Å². The average Bonchev–Trinajstić information content (AvgIpc) is 2.85. The molecule has 5 heteroatoms. The predicted octanol–water partition coefficient (Wildman–Crippen LogP) is 4.64. The Kier molecular flexibility index (Phi) is 4.32. The van der Waals surface area contributed by atoms with Crippen molar-refractivity contribution < 1.29 is 0 Å². The molecule has 20 heavy (non-hydrogen) atoms. The Morgan fingerprint density at radius 1 is 1.35 bits per heavy atom. The normalized spacial score (nSPS) is 18.1. The average molecular weight is 327 g/mol. The fraction of sp³-hybridized carbons (Fsp3) is 0.400. The minimum Gasteiger partial charge on any atom is -0.312 e. The topological polar surface area (TPSA) is 24.9 Å². The second kappa shape index (κ2) is 6.02. The maximum atomic E-state index is 6.24. The number of halogens is 2. The maximum absolute atomic E-state index is 6.24. The van der Waals surface area contributed by atoms with Gasteiger partial charge in [-0.2, -0.15) is 0 Å². The van der Waals surface area contributed by atoms with E-state index in [1.807, 2.05) is 25.2 Å². The van der Waals surface area contributed by atoms with Crippen LogP contribution in [0.15, 0.2) is 18.2 Å². The van der Waals surface area contributed by atoms with Crippen molar-refractivity contribution in [2.75, 3.05) is 7.05 Å². The van der Waals surface area contributed by atoms with Gasteiger partial charge in [0.25, 0.3) is 0 Å². The van der Waals surface area contributed by atoms with Gasteiger partial charge in [-0.05, 0) is 44.0 Å². The lowest BCUT2D eigenvalue weighted by molar-refractivity contribution is 0.489. The Morgan fingerprint density at radius 3 is 2.80 bits per heavy atom. The second-order valence-corrected chi connectivity index (χ2v) is 7.01. The van der Waals surface area contributed by atoms with Crippen LogP contribution in [-0.4, -0.2) is 12.0 Å². The Balaban J connectivity index is 1.91. The predicted molar refractivity (Wildman–Crippen MR) is 86.1 cm³/mol. The molecule has 0 spiro atoms. The van der Waals surface area contributed by atoms with Crippen molar-refractivity contribution in [3.8, 4) is 0 Å². The number of nitrogens with one attached hydrogen (secondary N) is 1. The Bertz CT molecular complexity index is 604. The first kappa shape index (κ1) is 14.3. The number of hydrogen-bond acceptors (Lipinski definition) is 3. The van der Waals surface area contributed by atoms with Gasteiger partial charge in [0.2, 0.25) is 0 Å². The fourth-order valence-corrected chi connectivity index (χ4v) is 4.39. The number of aryl methyl sites for hydroxylation is 1. The van der Waals surface area contributed by atoms with Gasteiger partial charge in [0.15, 0.2) is 0 Å². The molecule has 1 unspecified atom stereocenters. The van der Waals surface area contributed by atoms with Crippen molar-refractivity contribution in [2.24, 2.45) is 0 Å². The number of hydrogen-bond donors (Lipinski definition) is 1. The molecule has 0 fully saturated rings. The Morgan fingerprint density at radius 2 is 2.10 bits per heavy atom. The molecule has 1 aliphatic rings. The lowest BCUT2D eigenvalue weighted by Crippen LogP contribution is -2.21. The van der Waals surface area contributed by atoms with Crippen molar-refractivity contribution in [3.05, 3.63) is 49.4 Å². The van der Waals surface area contributed by atoms with E-state index in [0.29, 0.717) is 12.5 Å². The second-order valence-electron chi connectivity index (χ2n) is 5.03. The van der Waals surface area contributed by atoms with Crippen molar-refractivity contribution in [2.45, 2.75) is 31.7 Å². The first-order valence-corrected chi connectivity index (χ1v) is 8.35. The number of rotatable bonds is 3. The molecule has 1 N–H and O–H groups in total. The minimum absolute atomic E-state index is 0.394. The maximum Gasteiger partial charge on any atom is 0.0976 e. The lowest BCUT2D eigenvalue weighted by atomic mass is 9.98. The summed E-state index contributed by atoms with van der Waals surface area (Å²) in [5.41, 5.74) is 2.20. The first-order valence-electron chi connectivity index (χ1n) is 6.77. The van der Waals surface area contributed by atoms with E-state index in [0.717, 1.165) is 27.0 Å². The molecule has 106 valence electrons. The number of fused-ring (bicyclic) bond motifs is 1. The van der Waals surface area contributed by atoms with Crippen LogP contribution in [0.2, 0.25) is 10.0 Å². The molecule has 0 radical (unpaired) electrons. The van der Waals surface area contributed by atoms with Crippen LogP contribution in [0.3, 0.4) is 0 Å². The van der Waals surface area contributed by atoms with Gasteiger partial charge in [-0.1, -0.05) is 29.3 Å². The number of nitrogens with zero attached hydrogens (tertiary/aromatic N) is 1. The van der Waals surface area contributed by atoms with Crippen LogP contribution in [-0.2, 0) is 12.8 Å². The summed E-state index contributed by atoms with van der Waals surface area (Å²) in [5.74, 6) is 0. The van der Waals surface area contributed by atoms with Crippen molar-refractivity contribution in [1.82, 2.24) is 10.3 Å². The molecule has 1 atom stereocenters. The summed E-state index contributed by atoms with van der Waals surface area (Å²) in [6.45, 7) is 0. The van der Waals surface area contributed by atoms with Gasteiger partial charge in [0, 0.05) is 21.3 Å². The van der Waals surface area contributed by atoms with Crippen molar-refractivity contribution >= 4 is 34.5 Å². The van der Waals surface area contributed by atoms with Crippen LogP contribution in [0.5, 0.6) is 0 Å². The van der Waals surface area contributed by atoms with Crippen molar-refractivity contribution in [3.63, 3.8) is 0 Å². The molecule has 1 aromatic heterocycles. The number of thiazole rings is 1. The highest BCUT2D eigenvalue weighted by molar-refractivity contribution is 7.11. The summed E-state index contributed by atoms with van der Waals surface area (Å²) in [6.07, 6.45) is 4.25. The van der Waals surface area contributed by atoms with E-state index in [2.05, 4.69) is 5.32 Å². The standard InChI is InChI=1S/C15H16Cl2N2S/c1-18-12-6-3-7-13-15(12)19-14(20-13)8-9-10(16)4-2-5-11(9)17/h2,4-5,12,18H,3,6-8H2,1H3. The highest BCUT2D eigenvalue weighted by Crippen LogP contribution is 2.35. The smallest absolute Gasteiger partial charge is 0.0976 e. The summed E-state index contributed by atoms with van der Waals surface area (Å²) in [4.78, 5) is 6.23. The van der Waals surface area contributed by atoms with Crippen molar-refractivity contribution in [1.29, 1.82) is 0 Å². The van der Waals surface area contributed by atoms with Gasteiger partial charge in [-0.3, -0.25) is 0 Å². The third kappa shape index (κ3) is 2.73. The molecule has 2 aromatic rings. The zero-order valence-corrected chi connectivity index (χ0v) is 13.6. The molecule has 0 bridgehead atoms. The van der Waals surface area contributed by atoms with E-state index in [1.54, 1.807) is 11.3 Å². The van der Waals surface area contributed by atoms with Gasteiger partial charge in [-0.25, -0.2) is 4.98 Å². The number of benzene rings is 1. The van der Waals surface area contributed by atoms with Crippen LogP contribution < -0.4 is 5.32 Å². The summed E-state index contributed by atoms with van der Waals surface area (Å²) in [7, 11) is 2.00. The molecule has 1 aliphatic carbocycles. The first-order chi connectivity index (χ1) is 9.69. The monoisotopic (exact) mass is 326 g/mol. The van der Waals surface area contributed by atoms with E-state index in [9.17, 15) is 0 Å². The molecular formula is C15H16Cl2N2S. The fourth-order valence-electron chi connectivity index (χ4n) is 2.68. The summed E-state index contributed by atoms with van der Waals surface area (Å²) in [5, 5.41) is 5.89. The molecule has 0 amide bonds. The molecule has 2 nitrogen and oxygen atoms in total. The Labute approximate surface area is 133 Å². The lowest BCUT2D eigenvalue weighted by Gasteiger charge is -2.19. The molecule has 0 aliphatic heterocycles. The third-order valence-electron chi connectivity index (χ3n) is 3.74. The Hall–Kier alpha value is -0.610. The molecule has 3 rings (SSSR count). The number of aromatic nitrogens is 1. The molecule has 0 saturated heterocycles. The van der Waals surface area contributed by atoms with Gasteiger partial charge >= 0.3 is 0 Å². The zero-order chi connectivity index (χ0) is 14.1. The van der Waals surface area contributed by atoms with E-state index < -0.39 is 0 Å². The summed E-state index contributed by atoms with van der Waals surface area (Å²) < 4.78 is 0. The molecule has 0 saturated carbocycles. The zero-order valence-electron chi connectivity index (χ0n) is 11.2. The largest absolute Gasteiger partial charge is 0.312 e. The van der Waals surface area contributed by atoms with Crippen LogP contribution in [0, 0.1) is 0 Å². The van der Waals surface area contributed by atoms with Crippen LogP contribution >= 0.6 is 34.5 Å². The molecule has 1 aromatic carbocycles. The minimum atomic E-state index is 0.394. The summed E-state index contributed by atoms with van der Waals surface area (Å²) >= 11 is 14.3. The highest BCUT2D eigenvalue weighted by atomic mass is 35.5. The van der Waals surface area contributed by atoms with Gasteiger partial charge in [-0.15, -0.1) is 11.3 Å². The third-order valence-corrected chi connectivity index (χ3v) is 5.58. The van der Waals surface area contributed by atoms with Gasteiger partial charge in [0.05, 0.1) is 16.7 Å². The SMILES string of the molecule is CNC1CCCc2sc(Cc3c(Cl)cccc3Cl)nc21. The van der Waals surface area contributed by atoms with E-state index in [4.69, 9.17) is 28.2 Å². The van der Waals surface area contributed by atoms with Crippen LogP contribution in [0.25, 0.3) is 0 Å². The van der Waals surface area contributed by atoms with Crippen LogP contribution in [0.4, 0.5) is 0 Å². The van der Waals surface area contributed by atoms with E-state index in [1.165, 1.54) is 23.4 Å². The quantitative estimate of drug-likeness (QED) is 0.888. The van der Waals surface area contributed by atoms with Gasteiger partial charge < -0.3 is 5.32 Å². The van der Waals surface area contributed by atoms with Crippen LogP contribution in [0.1, 0.15) is 40.0 Å². The summed E-state index contributed by atoms with van der Waals surface area (Å²) in [6, 6.07) is 6.03. The highest BCUT2D eigenvalue weighted by Gasteiger charge is 2.23. The van der Waals surface area contributed by atoms with E-state index >= 15 is 0 Å². The molecular weight excluding hydrogens is 311 g/mol. The van der Waals surface area contributed by atoms with E-state index in [-0.39, 0.29) is 0 Å².